The molecule has 0 saturated heterocycles. The number of aryl methyl sites for hydroxylation is 1. The molecule has 2 N–H and O–H groups in total. The van der Waals surface area contributed by atoms with Gasteiger partial charge < -0.3 is 14.2 Å². The number of ketones is 1. The predicted molar refractivity (Wildman–Crippen MR) is 114 cm³/mol. The summed E-state index contributed by atoms with van der Waals surface area (Å²) in [6.45, 7) is 1.80. The fourth-order valence-corrected chi connectivity index (χ4v) is 7.27. The Morgan fingerprint density at radius 2 is 1.63 bits per heavy atom. The molecule has 4 aliphatic carbocycles. The second-order valence-electron chi connectivity index (χ2n) is 9.62. The third-order valence-electron chi connectivity index (χ3n) is 7.35. The van der Waals surface area contributed by atoms with Crippen molar-refractivity contribution in [2.75, 3.05) is 0 Å². The molecule has 1 aromatic carbocycles. The zero-order valence-electron chi connectivity index (χ0n) is 17.1. The molecule has 4 saturated carbocycles. The summed E-state index contributed by atoms with van der Waals surface area (Å²) in [4.78, 5) is 32.7. The first-order valence-electron chi connectivity index (χ1n) is 10.7. The third-order valence-corrected chi connectivity index (χ3v) is 8.31. The van der Waals surface area contributed by atoms with Crippen LogP contribution in [0.25, 0.3) is 5.31 Å². The molecule has 6 heteroatoms. The first kappa shape index (κ1) is 20.0. The van der Waals surface area contributed by atoms with E-state index in [1.807, 2.05) is 6.07 Å². The highest BCUT2D eigenvalue weighted by Gasteiger charge is 2.53. The minimum absolute atomic E-state index is 0.0127. The maximum Gasteiger partial charge on any atom is 0.360 e. The number of rotatable bonds is 5. The van der Waals surface area contributed by atoms with Gasteiger partial charge in [0.05, 0.1) is 0 Å². The summed E-state index contributed by atoms with van der Waals surface area (Å²) in [5, 5.41) is -0.329. The smallest absolute Gasteiger partial charge is 0.360 e. The first-order chi connectivity index (χ1) is 14.2. The molecule has 1 aromatic heterocycles. The highest BCUT2D eigenvalue weighted by Crippen LogP contribution is 2.62. The summed E-state index contributed by atoms with van der Waals surface area (Å²) in [7, 11) is -4.71. The topological polar surface area (TPSA) is 87.7 Å². The fourth-order valence-electron chi connectivity index (χ4n) is 6.50. The molecule has 4 fully saturated rings. The lowest BCUT2D eigenvalue weighted by atomic mass is 9.49. The Hall–Kier alpha value is -1.94. The summed E-state index contributed by atoms with van der Waals surface area (Å²) in [6, 6.07) is 10.5. The quantitative estimate of drug-likeness (QED) is 0.377. The monoisotopic (exact) mass is 426 g/mol. The minimum atomic E-state index is -4.71. The van der Waals surface area contributed by atoms with Crippen molar-refractivity contribution in [1.29, 1.82) is 0 Å². The van der Waals surface area contributed by atoms with E-state index in [1.54, 1.807) is 37.3 Å². The number of benzene rings is 1. The van der Waals surface area contributed by atoms with Crippen LogP contribution in [0.4, 0.5) is 0 Å². The summed E-state index contributed by atoms with van der Waals surface area (Å²) in [5.41, 5.74) is 1.05. The highest BCUT2D eigenvalue weighted by molar-refractivity contribution is 7.63. The second-order valence-corrected chi connectivity index (χ2v) is 11.2. The van der Waals surface area contributed by atoms with E-state index in [0.29, 0.717) is 11.1 Å². The van der Waals surface area contributed by atoms with Crippen LogP contribution in [0, 0.1) is 24.7 Å². The second kappa shape index (κ2) is 7.05. The molecule has 158 valence electrons. The average Bonchev–Trinajstić information content (AvgIpc) is 3.07. The van der Waals surface area contributed by atoms with Gasteiger partial charge in [0.25, 0.3) is 0 Å². The van der Waals surface area contributed by atoms with Crippen molar-refractivity contribution >= 4 is 18.7 Å². The number of hydrogen-bond donors (Lipinski definition) is 2. The van der Waals surface area contributed by atoms with Gasteiger partial charge in [-0.15, -0.1) is 0 Å². The SMILES string of the molecule is Cc1cc(C23CC4CC(CC(C4)C2)C3)oc1/C(=C\C(=O)c1ccccc1)P(=O)(O)O. The van der Waals surface area contributed by atoms with Crippen LogP contribution in [0.15, 0.2) is 46.9 Å². The van der Waals surface area contributed by atoms with E-state index in [1.165, 1.54) is 19.3 Å². The molecular weight excluding hydrogens is 399 g/mol. The third kappa shape index (κ3) is 3.43. The highest BCUT2D eigenvalue weighted by atomic mass is 31.2. The van der Waals surface area contributed by atoms with Gasteiger partial charge in [0.1, 0.15) is 16.8 Å². The zero-order chi connectivity index (χ0) is 21.1. The Bertz CT molecular complexity index is 1020. The lowest BCUT2D eigenvalue weighted by Gasteiger charge is -2.55. The lowest BCUT2D eigenvalue weighted by Crippen LogP contribution is -2.48. The number of carbonyl (C=O) groups is 1. The number of hydrogen-bond acceptors (Lipinski definition) is 3. The van der Waals surface area contributed by atoms with E-state index in [4.69, 9.17) is 4.42 Å². The Labute approximate surface area is 176 Å². The normalized spacial score (nSPS) is 30.6. The zero-order valence-corrected chi connectivity index (χ0v) is 18.0. The van der Waals surface area contributed by atoms with Crippen LogP contribution in [0.2, 0.25) is 0 Å². The molecule has 0 spiro atoms. The molecule has 4 bridgehead atoms. The molecule has 0 unspecified atom stereocenters. The summed E-state index contributed by atoms with van der Waals surface area (Å²) in [5.74, 6) is 2.77. The largest absolute Gasteiger partial charge is 0.460 e. The van der Waals surface area contributed by atoms with Gasteiger partial charge in [-0.1, -0.05) is 30.3 Å². The van der Waals surface area contributed by atoms with Gasteiger partial charge in [-0.25, -0.2) is 0 Å². The summed E-state index contributed by atoms with van der Waals surface area (Å²) < 4.78 is 18.5. The van der Waals surface area contributed by atoms with E-state index >= 15 is 0 Å². The molecule has 0 amide bonds. The molecule has 5 nitrogen and oxygen atoms in total. The average molecular weight is 426 g/mol. The first-order valence-corrected chi connectivity index (χ1v) is 12.3. The summed E-state index contributed by atoms with van der Waals surface area (Å²) >= 11 is 0. The molecular formula is C24H27O5P. The van der Waals surface area contributed by atoms with Crippen molar-refractivity contribution in [3.8, 4) is 0 Å². The van der Waals surface area contributed by atoms with E-state index in [2.05, 4.69) is 0 Å². The molecule has 6 rings (SSSR count). The molecule has 0 aliphatic heterocycles. The van der Waals surface area contributed by atoms with Gasteiger partial charge in [0.15, 0.2) is 5.78 Å². The van der Waals surface area contributed by atoms with E-state index in [9.17, 15) is 19.1 Å². The van der Waals surface area contributed by atoms with Gasteiger partial charge in [0, 0.05) is 17.1 Å². The van der Waals surface area contributed by atoms with Gasteiger partial charge in [-0.2, -0.15) is 0 Å². The molecule has 1 heterocycles. The molecule has 0 radical (unpaired) electrons. The fraction of sp³-hybridized carbons (Fsp3) is 0.458. The Kier molecular flexibility index (Phi) is 4.70. The lowest BCUT2D eigenvalue weighted by molar-refractivity contribution is -0.0152. The number of furan rings is 1. The van der Waals surface area contributed by atoms with Crippen molar-refractivity contribution in [3.63, 3.8) is 0 Å². The minimum Gasteiger partial charge on any atom is -0.460 e. The van der Waals surface area contributed by atoms with Crippen LogP contribution in [0.1, 0.15) is 66.0 Å². The van der Waals surface area contributed by atoms with Crippen molar-refractivity contribution in [3.05, 3.63) is 65.1 Å². The van der Waals surface area contributed by atoms with Crippen LogP contribution in [-0.4, -0.2) is 15.6 Å². The number of carbonyl (C=O) groups excluding carboxylic acids is 1. The van der Waals surface area contributed by atoms with Gasteiger partial charge in [-0.05, 0) is 74.8 Å². The standard InChI is InChI=1S/C24H27O5P/c1-15-7-22(24-12-16-8-17(13-24)10-18(9-16)14-24)29-23(15)21(30(26,27)28)11-20(25)19-5-3-2-4-6-19/h2-7,11,16-18H,8-10,12-14H2,1H3,(H2,26,27,28)/b21-11+. The van der Waals surface area contributed by atoms with Crippen molar-refractivity contribution < 1.29 is 23.6 Å². The van der Waals surface area contributed by atoms with Crippen LogP contribution in [-0.2, 0) is 9.98 Å². The van der Waals surface area contributed by atoms with Crippen LogP contribution in [0.5, 0.6) is 0 Å². The van der Waals surface area contributed by atoms with Gasteiger partial charge in [0.2, 0.25) is 0 Å². The van der Waals surface area contributed by atoms with E-state index in [0.717, 1.165) is 48.9 Å². The Morgan fingerprint density at radius 1 is 1.07 bits per heavy atom. The predicted octanol–water partition coefficient (Wildman–Crippen LogP) is 5.46. The Morgan fingerprint density at radius 3 is 2.17 bits per heavy atom. The van der Waals surface area contributed by atoms with Crippen LogP contribution < -0.4 is 0 Å². The van der Waals surface area contributed by atoms with Crippen LogP contribution >= 0.6 is 7.60 Å². The molecule has 4 aliphatic rings. The number of allylic oxidation sites excluding steroid dienone is 1. The van der Waals surface area contributed by atoms with Gasteiger partial charge >= 0.3 is 7.60 Å². The maximum absolute atomic E-state index is 12.7. The molecule has 2 aromatic rings. The molecule has 30 heavy (non-hydrogen) atoms. The van der Waals surface area contributed by atoms with Crippen molar-refractivity contribution in [2.45, 2.75) is 50.9 Å². The van der Waals surface area contributed by atoms with E-state index < -0.39 is 13.4 Å². The van der Waals surface area contributed by atoms with Gasteiger partial charge in [-0.3, -0.25) is 9.36 Å². The molecule has 0 atom stereocenters. The van der Waals surface area contributed by atoms with Crippen molar-refractivity contribution in [1.82, 2.24) is 0 Å². The van der Waals surface area contributed by atoms with Crippen LogP contribution in [0.3, 0.4) is 0 Å². The Balaban J connectivity index is 1.54. The van der Waals surface area contributed by atoms with Crippen molar-refractivity contribution in [2.24, 2.45) is 17.8 Å². The maximum atomic E-state index is 12.7. The van der Waals surface area contributed by atoms with E-state index in [-0.39, 0.29) is 16.5 Å². The summed E-state index contributed by atoms with van der Waals surface area (Å²) in [6.07, 6.45) is 8.28.